The highest BCUT2D eigenvalue weighted by atomic mass is 16.6. The lowest BCUT2D eigenvalue weighted by Gasteiger charge is -2.33. The van der Waals surface area contributed by atoms with Crippen LogP contribution in [0.4, 0.5) is 11.4 Å². The molecule has 2 N–H and O–H groups in total. The maximum Gasteiger partial charge on any atom is 0.269 e. The average Bonchev–Trinajstić information content (AvgIpc) is 3.39. The van der Waals surface area contributed by atoms with Gasteiger partial charge in [-0.25, -0.2) is 0 Å². The number of hydrogen-bond donors (Lipinski definition) is 2. The predicted molar refractivity (Wildman–Crippen MR) is 161 cm³/mol. The van der Waals surface area contributed by atoms with Gasteiger partial charge in [0.15, 0.2) is 0 Å². The number of aromatic amines is 1. The fraction of sp³-hybridized carbons (Fsp3) is 0.333. The van der Waals surface area contributed by atoms with E-state index in [0.717, 1.165) is 54.1 Å². The predicted octanol–water partition coefficient (Wildman–Crippen LogP) is 6.97. The Hall–Kier alpha value is -4.46. The van der Waals surface area contributed by atoms with Crippen molar-refractivity contribution >= 4 is 34.1 Å². The smallest absolute Gasteiger partial charge is 0.269 e. The van der Waals surface area contributed by atoms with Gasteiger partial charge in [0.25, 0.3) is 5.69 Å². The van der Waals surface area contributed by atoms with Crippen LogP contribution in [0.1, 0.15) is 74.6 Å². The Morgan fingerprint density at radius 3 is 2.27 bits per heavy atom. The van der Waals surface area contributed by atoms with Crippen molar-refractivity contribution in [2.24, 2.45) is 0 Å². The summed E-state index contributed by atoms with van der Waals surface area (Å²) >= 11 is 0. The van der Waals surface area contributed by atoms with Crippen molar-refractivity contribution in [3.05, 3.63) is 106 Å². The Morgan fingerprint density at radius 1 is 0.951 bits per heavy atom. The first kappa shape index (κ1) is 28.1. The molecular weight excluding hydrogens is 516 g/mol. The van der Waals surface area contributed by atoms with Crippen LogP contribution in [0.3, 0.4) is 0 Å². The van der Waals surface area contributed by atoms with Gasteiger partial charge in [-0.05, 0) is 65.8 Å². The Kier molecular flexibility index (Phi) is 8.47. The summed E-state index contributed by atoms with van der Waals surface area (Å²) in [6.45, 7) is 4.21. The van der Waals surface area contributed by atoms with Gasteiger partial charge < -0.3 is 10.3 Å². The number of fused-ring (bicyclic) bond motifs is 1. The number of carbonyl (C=O) groups excluding carboxylic acids is 2. The third-order valence-corrected chi connectivity index (χ3v) is 8.00. The minimum absolute atomic E-state index is 0.0330. The van der Waals surface area contributed by atoms with Crippen LogP contribution in [0.15, 0.2) is 79.0 Å². The fourth-order valence-corrected chi connectivity index (χ4v) is 5.71. The summed E-state index contributed by atoms with van der Waals surface area (Å²) in [6.07, 6.45) is 6.95. The van der Waals surface area contributed by atoms with E-state index in [1.54, 1.807) is 17.0 Å². The molecule has 2 amide bonds. The van der Waals surface area contributed by atoms with Crippen molar-refractivity contribution in [2.45, 2.75) is 70.4 Å². The molecule has 8 nitrogen and oxygen atoms in total. The van der Waals surface area contributed by atoms with E-state index >= 15 is 0 Å². The minimum atomic E-state index is -1.000. The number of rotatable bonds is 9. The summed E-state index contributed by atoms with van der Waals surface area (Å²) in [5.41, 5.74) is 3.94. The highest BCUT2D eigenvalue weighted by Gasteiger charge is 2.34. The van der Waals surface area contributed by atoms with E-state index < -0.39 is 11.0 Å². The molecule has 212 valence electrons. The number of amides is 2. The van der Waals surface area contributed by atoms with Crippen molar-refractivity contribution in [1.82, 2.24) is 10.3 Å². The lowest BCUT2D eigenvalue weighted by Crippen LogP contribution is -2.47. The number of nitrogens with one attached hydrogen (secondary N) is 2. The summed E-state index contributed by atoms with van der Waals surface area (Å²) in [7, 11) is 0. The van der Waals surface area contributed by atoms with Gasteiger partial charge in [-0.2, -0.15) is 0 Å². The summed E-state index contributed by atoms with van der Waals surface area (Å²) in [5, 5.41) is 15.5. The minimum Gasteiger partial charge on any atom is -0.361 e. The van der Waals surface area contributed by atoms with Crippen molar-refractivity contribution in [3.8, 4) is 0 Å². The highest BCUT2D eigenvalue weighted by molar-refractivity contribution is 6.03. The van der Waals surface area contributed by atoms with E-state index in [1.807, 2.05) is 54.7 Å². The van der Waals surface area contributed by atoms with E-state index in [9.17, 15) is 19.7 Å². The number of para-hydroxylation sites is 1. The van der Waals surface area contributed by atoms with Gasteiger partial charge in [-0.1, -0.05) is 63.4 Å². The number of anilines is 1. The molecule has 0 bridgehead atoms. The summed E-state index contributed by atoms with van der Waals surface area (Å²) in [4.78, 5) is 44.1. The molecule has 0 radical (unpaired) electrons. The number of aromatic nitrogens is 1. The summed E-state index contributed by atoms with van der Waals surface area (Å²) < 4.78 is 0. The second-order valence-electron chi connectivity index (χ2n) is 11.1. The first-order valence-electron chi connectivity index (χ1n) is 14.3. The van der Waals surface area contributed by atoms with Crippen LogP contribution in [-0.2, 0) is 16.0 Å². The number of H-pyrrole nitrogens is 1. The molecule has 1 aliphatic carbocycles. The number of nitro groups is 1. The monoisotopic (exact) mass is 552 g/mol. The second-order valence-corrected chi connectivity index (χ2v) is 11.1. The number of hydrogen-bond acceptors (Lipinski definition) is 4. The molecule has 4 aromatic rings. The Bertz CT molecular complexity index is 1520. The van der Waals surface area contributed by atoms with Crippen LogP contribution in [0.5, 0.6) is 0 Å². The molecular formula is C33H36N4O4. The first-order chi connectivity index (χ1) is 19.8. The van der Waals surface area contributed by atoms with Crippen LogP contribution in [0.25, 0.3) is 10.9 Å². The Balaban J connectivity index is 1.58. The van der Waals surface area contributed by atoms with Crippen LogP contribution in [0.2, 0.25) is 0 Å². The van der Waals surface area contributed by atoms with Crippen LogP contribution in [0, 0.1) is 10.1 Å². The number of carbonyl (C=O) groups is 2. The normalized spacial score (nSPS) is 14.6. The molecule has 1 atom stereocenters. The molecule has 1 saturated carbocycles. The van der Waals surface area contributed by atoms with Gasteiger partial charge in [0.2, 0.25) is 11.8 Å². The molecule has 5 rings (SSSR count). The third-order valence-electron chi connectivity index (χ3n) is 8.00. The van der Waals surface area contributed by atoms with Gasteiger partial charge in [-0.15, -0.1) is 0 Å². The maximum absolute atomic E-state index is 14.3. The SMILES string of the molecule is CC(C)c1ccc(N(C(=O)Cc2c[nH]c3ccccc23)C(C(=O)NC2CCCCC2)c2ccc([N+](=O)[O-])cc2)cc1. The number of benzene rings is 3. The van der Waals surface area contributed by atoms with Crippen molar-refractivity contribution in [1.29, 1.82) is 0 Å². The molecule has 1 unspecified atom stereocenters. The highest BCUT2D eigenvalue weighted by Crippen LogP contribution is 2.32. The molecule has 1 fully saturated rings. The molecule has 1 heterocycles. The molecule has 8 heteroatoms. The molecule has 0 saturated heterocycles. The zero-order chi connectivity index (χ0) is 28.9. The Labute approximate surface area is 239 Å². The van der Waals surface area contributed by atoms with Crippen LogP contribution >= 0.6 is 0 Å². The van der Waals surface area contributed by atoms with Gasteiger partial charge in [-0.3, -0.25) is 24.6 Å². The van der Waals surface area contributed by atoms with Crippen LogP contribution in [-0.4, -0.2) is 27.8 Å². The number of nitrogens with zero attached hydrogens (tertiary/aromatic N) is 2. The van der Waals surface area contributed by atoms with E-state index in [0.29, 0.717) is 17.2 Å². The van der Waals surface area contributed by atoms with Gasteiger partial charge in [0.05, 0.1) is 11.3 Å². The zero-order valence-corrected chi connectivity index (χ0v) is 23.5. The van der Waals surface area contributed by atoms with E-state index in [-0.39, 0.29) is 30.0 Å². The summed E-state index contributed by atoms with van der Waals surface area (Å²) in [5.74, 6) is -0.223. The molecule has 0 spiro atoms. The lowest BCUT2D eigenvalue weighted by atomic mass is 9.94. The number of nitro benzene ring substituents is 1. The van der Waals surface area contributed by atoms with E-state index in [2.05, 4.69) is 24.1 Å². The van der Waals surface area contributed by atoms with E-state index in [4.69, 9.17) is 0 Å². The topological polar surface area (TPSA) is 108 Å². The van der Waals surface area contributed by atoms with Crippen molar-refractivity contribution in [3.63, 3.8) is 0 Å². The third kappa shape index (κ3) is 6.32. The molecule has 41 heavy (non-hydrogen) atoms. The van der Waals surface area contributed by atoms with Crippen molar-refractivity contribution in [2.75, 3.05) is 4.90 Å². The maximum atomic E-state index is 14.3. The van der Waals surface area contributed by atoms with Gasteiger partial charge in [0.1, 0.15) is 6.04 Å². The van der Waals surface area contributed by atoms with Gasteiger partial charge in [0, 0.05) is 41.0 Å². The first-order valence-corrected chi connectivity index (χ1v) is 14.3. The zero-order valence-electron chi connectivity index (χ0n) is 23.5. The van der Waals surface area contributed by atoms with E-state index in [1.165, 1.54) is 12.1 Å². The second kappa shape index (κ2) is 12.4. The Morgan fingerprint density at radius 2 is 1.61 bits per heavy atom. The average molecular weight is 553 g/mol. The quantitative estimate of drug-likeness (QED) is 0.173. The molecule has 1 aliphatic rings. The molecule has 3 aromatic carbocycles. The summed E-state index contributed by atoms with van der Waals surface area (Å²) in [6, 6.07) is 20.5. The molecule has 0 aliphatic heterocycles. The standard InChI is InChI=1S/C33H36N4O4/c1-22(2)23-12-16-27(17-13-23)36(31(38)20-25-21-34-30-11-7-6-10-29(25)30)32(24-14-18-28(19-15-24)37(40)41)33(39)35-26-8-4-3-5-9-26/h6-7,10-19,21-22,26,32,34H,3-5,8-9,20H2,1-2H3,(H,35,39). The number of non-ortho nitro benzene ring substituents is 1. The van der Waals surface area contributed by atoms with Crippen LogP contribution < -0.4 is 10.2 Å². The fourth-order valence-electron chi connectivity index (χ4n) is 5.71. The lowest BCUT2D eigenvalue weighted by molar-refractivity contribution is -0.384. The van der Waals surface area contributed by atoms with Gasteiger partial charge >= 0.3 is 0 Å². The van der Waals surface area contributed by atoms with Crippen molar-refractivity contribution < 1.29 is 14.5 Å². The molecule has 1 aromatic heterocycles. The largest absolute Gasteiger partial charge is 0.361 e.